The van der Waals surface area contributed by atoms with Gasteiger partial charge in [-0.3, -0.25) is 9.59 Å². The molecular formula is C21H18ClF2N3O3. The minimum Gasteiger partial charge on any atom is -0.435 e. The molecule has 156 valence electrons. The number of halogens is 3. The Kier molecular flexibility index (Phi) is 6.47. The van der Waals surface area contributed by atoms with E-state index in [1.54, 1.807) is 43.3 Å². The van der Waals surface area contributed by atoms with Gasteiger partial charge in [0.25, 0.3) is 5.91 Å². The molecule has 2 aromatic carbocycles. The number of benzene rings is 2. The van der Waals surface area contributed by atoms with Crippen molar-refractivity contribution in [2.75, 3.05) is 7.05 Å². The van der Waals surface area contributed by atoms with E-state index < -0.39 is 17.9 Å². The average molecular weight is 434 g/mol. The molecule has 3 rings (SSSR count). The van der Waals surface area contributed by atoms with Crippen LogP contribution in [0, 0.1) is 6.92 Å². The first-order chi connectivity index (χ1) is 14.3. The van der Waals surface area contributed by atoms with E-state index in [-0.39, 0.29) is 18.0 Å². The number of amides is 1. The van der Waals surface area contributed by atoms with Gasteiger partial charge in [0.15, 0.2) is 5.69 Å². The molecule has 6 nitrogen and oxygen atoms in total. The molecule has 0 saturated heterocycles. The van der Waals surface area contributed by atoms with Gasteiger partial charge < -0.3 is 9.64 Å². The number of para-hydroxylation sites is 1. The van der Waals surface area contributed by atoms with Crippen molar-refractivity contribution in [3.63, 3.8) is 0 Å². The zero-order valence-electron chi connectivity index (χ0n) is 16.2. The van der Waals surface area contributed by atoms with Crippen molar-refractivity contribution < 1.29 is 18.3 Å². The van der Waals surface area contributed by atoms with E-state index in [9.17, 15) is 18.4 Å². The zero-order valence-corrected chi connectivity index (χ0v) is 16.9. The van der Waals surface area contributed by atoms with E-state index >= 15 is 0 Å². The summed E-state index contributed by atoms with van der Waals surface area (Å²) >= 11 is 6.23. The van der Waals surface area contributed by atoms with Gasteiger partial charge in [0.05, 0.1) is 10.7 Å². The lowest BCUT2D eigenvalue weighted by Crippen LogP contribution is -2.33. The quantitative estimate of drug-likeness (QED) is 0.588. The molecule has 0 spiro atoms. The zero-order chi connectivity index (χ0) is 21.8. The van der Waals surface area contributed by atoms with Gasteiger partial charge in [-0.2, -0.15) is 13.9 Å². The second-order valence-corrected chi connectivity index (χ2v) is 6.95. The third kappa shape index (κ3) is 4.83. The molecular weight excluding hydrogens is 416 g/mol. The first-order valence-corrected chi connectivity index (χ1v) is 9.29. The third-order valence-corrected chi connectivity index (χ3v) is 4.63. The molecule has 0 aliphatic carbocycles. The maximum atomic E-state index is 12.9. The highest BCUT2D eigenvalue weighted by Crippen LogP contribution is 2.20. The second kappa shape index (κ2) is 9.04. The summed E-state index contributed by atoms with van der Waals surface area (Å²) < 4.78 is 30.2. The molecule has 0 atom stereocenters. The van der Waals surface area contributed by atoms with E-state index in [4.69, 9.17) is 11.6 Å². The number of carbonyl (C=O) groups excluding carboxylic acids is 1. The number of rotatable bonds is 6. The van der Waals surface area contributed by atoms with Gasteiger partial charge in [0, 0.05) is 25.4 Å². The van der Waals surface area contributed by atoms with Crippen LogP contribution in [0.15, 0.2) is 59.4 Å². The van der Waals surface area contributed by atoms with E-state index in [2.05, 4.69) is 9.84 Å². The molecule has 30 heavy (non-hydrogen) atoms. The molecule has 0 N–H and O–H groups in total. The van der Waals surface area contributed by atoms with Crippen LogP contribution in [0.4, 0.5) is 8.78 Å². The summed E-state index contributed by atoms with van der Waals surface area (Å²) in [5.74, 6) is -0.556. The SMILES string of the molecule is Cc1cc(=O)c(C(=O)N(C)Cc2ccc(OC(F)F)cc2)nn1-c1ccccc1Cl. The lowest BCUT2D eigenvalue weighted by molar-refractivity contribution is -0.0498. The van der Waals surface area contributed by atoms with Crippen LogP contribution in [0.25, 0.3) is 5.69 Å². The number of hydrogen-bond donors (Lipinski definition) is 0. The molecule has 1 aromatic heterocycles. The normalized spacial score (nSPS) is 10.9. The van der Waals surface area contributed by atoms with Crippen molar-refractivity contribution in [3.8, 4) is 11.4 Å². The molecule has 0 aliphatic heterocycles. The van der Waals surface area contributed by atoms with Crippen LogP contribution in [0.1, 0.15) is 21.7 Å². The number of nitrogens with zero attached hydrogens (tertiary/aromatic N) is 3. The van der Waals surface area contributed by atoms with Crippen LogP contribution in [0.5, 0.6) is 5.75 Å². The molecule has 0 bridgehead atoms. The Morgan fingerprint density at radius 1 is 1.20 bits per heavy atom. The van der Waals surface area contributed by atoms with Crippen molar-refractivity contribution in [2.45, 2.75) is 20.1 Å². The summed E-state index contributed by atoms with van der Waals surface area (Å²) in [5, 5.41) is 4.66. The van der Waals surface area contributed by atoms with E-state index in [1.165, 1.54) is 34.8 Å². The number of aromatic nitrogens is 2. The molecule has 0 aliphatic rings. The van der Waals surface area contributed by atoms with E-state index in [0.717, 1.165) is 0 Å². The lowest BCUT2D eigenvalue weighted by atomic mass is 10.2. The van der Waals surface area contributed by atoms with Gasteiger partial charge in [0.2, 0.25) is 5.43 Å². The first kappa shape index (κ1) is 21.4. The molecule has 1 amide bonds. The number of alkyl halides is 2. The predicted molar refractivity (Wildman–Crippen MR) is 108 cm³/mol. The maximum Gasteiger partial charge on any atom is 0.387 e. The monoisotopic (exact) mass is 433 g/mol. The Balaban J connectivity index is 1.85. The molecule has 3 aromatic rings. The molecule has 0 unspecified atom stereocenters. The van der Waals surface area contributed by atoms with Gasteiger partial charge in [-0.05, 0) is 36.8 Å². The molecule has 1 heterocycles. The Morgan fingerprint density at radius 3 is 2.50 bits per heavy atom. The Bertz CT molecular complexity index is 1120. The number of aryl methyl sites for hydroxylation is 1. The van der Waals surface area contributed by atoms with Crippen LogP contribution in [0.3, 0.4) is 0 Å². The molecule has 0 fully saturated rings. The summed E-state index contributed by atoms with van der Waals surface area (Å²) in [5.41, 5.74) is 0.991. The number of carbonyl (C=O) groups is 1. The molecule has 0 radical (unpaired) electrons. The fourth-order valence-corrected chi connectivity index (χ4v) is 3.08. The van der Waals surface area contributed by atoms with Crippen molar-refractivity contribution in [2.24, 2.45) is 0 Å². The van der Waals surface area contributed by atoms with Crippen molar-refractivity contribution in [3.05, 3.63) is 86.8 Å². The minimum atomic E-state index is -2.91. The highest BCUT2D eigenvalue weighted by atomic mass is 35.5. The van der Waals surface area contributed by atoms with E-state index in [1.807, 2.05) is 0 Å². The van der Waals surface area contributed by atoms with Gasteiger partial charge >= 0.3 is 6.61 Å². The number of hydrogen-bond acceptors (Lipinski definition) is 4. The van der Waals surface area contributed by atoms with Gasteiger partial charge in [-0.15, -0.1) is 0 Å². The van der Waals surface area contributed by atoms with E-state index in [0.29, 0.717) is 22.0 Å². The summed E-state index contributed by atoms with van der Waals surface area (Å²) in [6.45, 7) is -1.07. The fraction of sp³-hybridized carbons (Fsp3) is 0.190. The summed E-state index contributed by atoms with van der Waals surface area (Å²) in [4.78, 5) is 26.6. The average Bonchev–Trinajstić information content (AvgIpc) is 2.69. The topological polar surface area (TPSA) is 64.4 Å². The van der Waals surface area contributed by atoms with Gasteiger partial charge in [0.1, 0.15) is 5.75 Å². The number of ether oxygens (including phenoxy) is 1. The van der Waals surface area contributed by atoms with Crippen LogP contribution in [-0.4, -0.2) is 34.2 Å². The highest BCUT2D eigenvalue weighted by molar-refractivity contribution is 6.32. The summed E-state index contributed by atoms with van der Waals surface area (Å²) in [6.07, 6.45) is 0. The fourth-order valence-electron chi connectivity index (χ4n) is 2.87. The largest absolute Gasteiger partial charge is 0.435 e. The third-order valence-electron chi connectivity index (χ3n) is 4.31. The standard InChI is InChI=1S/C21H18ClF2N3O3/c1-13-11-18(28)19(25-27(13)17-6-4-3-5-16(17)22)20(29)26(2)12-14-7-9-15(10-8-14)30-21(23)24/h3-11,21H,12H2,1-2H3. The van der Waals surface area contributed by atoms with Crippen molar-refractivity contribution >= 4 is 17.5 Å². The van der Waals surface area contributed by atoms with Crippen LogP contribution in [-0.2, 0) is 6.54 Å². The summed E-state index contributed by atoms with van der Waals surface area (Å²) in [6, 6.07) is 14.2. The van der Waals surface area contributed by atoms with Gasteiger partial charge in [-0.25, -0.2) is 4.68 Å². The molecule has 0 saturated carbocycles. The smallest absolute Gasteiger partial charge is 0.387 e. The first-order valence-electron chi connectivity index (χ1n) is 8.91. The predicted octanol–water partition coefficient (Wildman–Crippen LogP) is 4.07. The highest BCUT2D eigenvalue weighted by Gasteiger charge is 2.20. The summed E-state index contributed by atoms with van der Waals surface area (Å²) in [7, 11) is 1.52. The second-order valence-electron chi connectivity index (χ2n) is 6.55. The minimum absolute atomic E-state index is 0.0190. The van der Waals surface area contributed by atoms with Crippen molar-refractivity contribution in [1.82, 2.24) is 14.7 Å². The Hall–Kier alpha value is -3.26. The lowest BCUT2D eigenvalue weighted by Gasteiger charge is -2.18. The van der Waals surface area contributed by atoms with Crippen LogP contribution < -0.4 is 10.2 Å². The van der Waals surface area contributed by atoms with Crippen molar-refractivity contribution in [1.29, 1.82) is 0 Å². The van der Waals surface area contributed by atoms with Crippen LogP contribution in [0.2, 0.25) is 5.02 Å². The van der Waals surface area contributed by atoms with Gasteiger partial charge in [-0.1, -0.05) is 35.9 Å². The van der Waals surface area contributed by atoms with Crippen LogP contribution >= 0.6 is 11.6 Å². The Labute approximate surface area is 176 Å². The maximum absolute atomic E-state index is 12.9. The Morgan fingerprint density at radius 2 is 1.87 bits per heavy atom. The molecule has 9 heteroatoms.